The quantitative estimate of drug-likeness (QED) is 0.659. The van der Waals surface area contributed by atoms with Gasteiger partial charge in [-0.3, -0.25) is 0 Å². The van der Waals surface area contributed by atoms with Crippen LogP contribution in [-0.2, 0) is 4.74 Å². The van der Waals surface area contributed by atoms with Gasteiger partial charge >= 0.3 is 6.09 Å². The van der Waals surface area contributed by atoms with Gasteiger partial charge in [-0.1, -0.05) is 13.3 Å². The number of unbranched alkanes of at least 4 members (excludes halogenated alkanes) is 1. The van der Waals surface area contributed by atoms with E-state index in [0.29, 0.717) is 19.1 Å². The van der Waals surface area contributed by atoms with Crippen molar-refractivity contribution in [1.82, 2.24) is 5.32 Å². The van der Waals surface area contributed by atoms with Gasteiger partial charge in [0.2, 0.25) is 0 Å². The summed E-state index contributed by atoms with van der Waals surface area (Å²) in [5, 5.41) is 11.7. The fourth-order valence-corrected chi connectivity index (χ4v) is 1.46. The lowest BCUT2D eigenvalue weighted by Crippen LogP contribution is -2.38. The van der Waals surface area contributed by atoms with Crippen LogP contribution in [0.2, 0.25) is 0 Å². The molecule has 0 atom stereocenters. The number of hydrogen-bond donors (Lipinski definition) is 2. The Morgan fingerprint density at radius 1 is 1.57 bits per heavy atom. The molecule has 0 aromatic rings. The number of carbonyl (C=O) groups is 1. The van der Waals surface area contributed by atoms with Crippen LogP contribution in [0, 0.1) is 5.92 Å². The molecule has 0 saturated heterocycles. The van der Waals surface area contributed by atoms with Gasteiger partial charge in [0.15, 0.2) is 0 Å². The van der Waals surface area contributed by atoms with Crippen molar-refractivity contribution in [2.45, 2.75) is 38.7 Å². The summed E-state index contributed by atoms with van der Waals surface area (Å²) in [7, 11) is 0. The highest BCUT2D eigenvalue weighted by Crippen LogP contribution is 2.25. The van der Waals surface area contributed by atoms with E-state index in [1.807, 2.05) is 0 Å². The van der Waals surface area contributed by atoms with Crippen LogP contribution in [0.5, 0.6) is 0 Å². The Hall–Kier alpha value is -0.770. The normalized spacial score (nSPS) is 25.3. The van der Waals surface area contributed by atoms with Gasteiger partial charge in [0, 0.05) is 6.54 Å². The summed E-state index contributed by atoms with van der Waals surface area (Å²) in [6.45, 7) is 3.18. The molecule has 0 heterocycles. The first-order chi connectivity index (χ1) is 6.72. The van der Waals surface area contributed by atoms with Crippen LogP contribution in [0.25, 0.3) is 0 Å². The Bertz CT molecular complexity index is 178. The average molecular weight is 201 g/mol. The summed E-state index contributed by atoms with van der Waals surface area (Å²) in [4.78, 5) is 11.0. The maximum Gasteiger partial charge on any atom is 0.407 e. The molecule has 14 heavy (non-hydrogen) atoms. The second-order valence-corrected chi connectivity index (χ2v) is 3.86. The number of amides is 1. The molecule has 0 aliphatic heterocycles. The van der Waals surface area contributed by atoms with Crippen molar-refractivity contribution in [1.29, 1.82) is 0 Å². The molecule has 1 fully saturated rings. The number of aliphatic hydroxyl groups is 1. The van der Waals surface area contributed by atoms with Gasteiger partial charge in [0.1, 0.15) is 0 Å². The molecule has 1 amide bonds. The molecule has 4 heteroatoms. The first kappa shape index (κ1) is 11.3. The Kier molecular flexibility index (Phi) is 4.73. The fourth-order valence-electron chi connectivity index (χ4n) is 1.46. The molecule has 4 nitrogen and oxygen atoms in total. The topological polar surface area (TPSA) is 58.6 Å². The van der Waals surface area contributed by atoms with E-state index in [0.717, 1.165) is 25.7 Å². The van der Waals surface area contributed by atoms with Crippen LogP contribution < -0.4 is 5.32 Å². The third-order valence-electron chi connectivity index (χ3n) is 2.48. The fraction of sp³-hybridized carbons (Fsp3) is 0.900. The number of carbonyl (C=O) groups excluding carboxylic acids is 1. The molecule has 1 aliphatic rings. The van der Waals surface area contributed by atoms with Gasteiger partial charge in [-0.2, -0.15) is 0 Å². The van der Waals surface area contributed by atoms with Crippen LogP contribution >= 0.6 is 0 Å². The average Bonchev–Trinajstić information content (AvgIpc) is 2.11. The highest BCUT2D eigenvalue weighted by atomic mass is 16.5. The van der Waals surface area contributed by atoms with Crippen molar-refractivity contribution in [3.63, 3.8) is 0 Å². The van der Waals surface area contributed by atoms with Gasteiger partial charge in [0.25, 0.3) is 0 Å². The summed E-state index contributed by atoms with van der Waals surface area (Å²) in [5.41, 5.74) is 0. The van der Waals surface area contributed by atoms with E-state index < -0.39 is 0 Å². The van der Waals surface area contributed by atoms with Crippen molar-refractivity contribution in [2.75, 3.05) is 13.2 Å². The van der Waals surface area contributed by atoms with Crippen molar-refractivity contribution in [3.8, 4) is 0 Å². The van der Waals surface area contributed by atoms with Crippen LogP contribution in [0.1, 0.15) is 32.6 Å². The first-order valence-corrected chi connectivity index (χ1v) is 5.31. The summed E-state index contributed by atoms with van der Waals surface area (Å²) >= 11 is 0. The number of ether oxygens (including phenoxy) is 1. The van der Waals surface area contributed by atoms with Gasteiger partial charge in [-0.15, -0.1) is 0 Å². The Balaban J connectivity index is 1.93. The lowest BCUT2D eigenvalue weighted by atomic mass is 9.82. The van der Waals surface area contributed by atoms with E-state index in [9.17, 15) is 4.79 Å². The van der Waals surface area contributed by atoms with Crippen LogP contribution in [0.4, 0.5) is 4.79 Å². The molecule has 0 radical (unpaired) electrons. The Morgan fingerprint density at radius 3 is 2.86 bits per heavy atom. The van der Waals surface area contributed by atoms with Gasteiger partial charge < -0.3 is 15.2 Å². The van der Waals surface area contributed by atoms with Crippen molar-refractivity contribution >= 4 is 6.09 Å². The minimum Gasteiger partial charge on any atom is -0.450 e. The second-order valence-electron chi connectivity index (χ2n) is 3.86. The molecule has 0 spiro atoms. The van der Waals surface area contributed by atoms with E-state index in [1.54, 1.807) is 0 Å². The lowest BCUT2D eigenvalue weighted by molar-refractivity contribution is 0.0420. The standard InChI is InChI=1S/C10H19NO3/c1-2-3-4-14-10(13)11-7-8-5-9(12)6-8/h8-9,12H,2-7H2,1H3,(H,11,13). The molecule has 82 valence electrons. The van der Waals surface area contributed by atoms with E-state index in [-0.39, 0.29) is 12.2 Å². The predicted molar refractivity (Wildman–Crippen MR) is 53.0 cm³/mol. The Labute approximate surface area is 84.6 Å². The maximum absolute atomic E-state index is 11.0. The summed E-state index contributed by atoms with van der Waals surface area (Å²) in [5.74, 6) is 0.434. The third kappa shape index (κ3) is 3.96. The van der Waals surface area contributed by atoms with E-state index in [1.165, 1.54) is 0 Å². The molecule has 0 aromatic carbocycles. The SMILES string of the molecule is CCCCOC(=O)NCC1CC(O)C1. The van der Waals surface area contributed by atoms with Crippen molar-refractivity contribution in [3.05, 3.63) is 0 Å². The minimum absolute atomic E-state index is 0.155. The monoisotopic (exact) mass is 201 g/mol. The lowest BCUT2D eigenvalue weighted by Gasteiger charge is -2.31. The third-order valence-corrected chi connectivity index (χ3v) is 2.48. The summed E-state index contributed by atoms with van der Waals surface area (Å²) in [6.07, 6.45) is 3.06. The zero-order valence-corrected chi connectivity index (χ0v) is 8.66. The Morgan fingerprint density at radius 2 is 2.29 bits per heavy atom. The number of aliphatic hydroxyl groups excluding tert-OH is 1. The highest BCUT2D eigenvalue weighted by molar-refractivity contribution is 5.67. The zero-order valence-electron chi connectivity index (χ0n) is 8.66. The molecule has 1 saturated carbocycles. The van der Waals surface area contributed by atoms with Gasteiger partial charge in [-0.25, -0.2) is 4.79 Å². The molecule has 0 bridgehead atoms. The first-order valence-electron chi connectivity index (χ1n) is 5.31. The van der Waals surface area contributed by atoms with Gasteiger partial charge in [0.05, 0.1) is 12.7 Å². The van der Waals surface area contributed by atoms with Gasteiger partial charge in [-0.05, 0) is 25.2 Å². The largest absolute Gasteiger partial charge is 0.450 e. The predicted octanol–water partition coefficient (Wildman–Crippen LogP) is 1.28. The van der Waals surface area contributed by atoms with Crippen molar-refractivity contribution in [2.24, 2.45) is 5.92 Å². The molecular formula is C10H19NO3. The minimum atomic E-state index is -0.333. The number of alkyl carbamates (subject to hydrolysis) is 1. The van der Waals surface area contributed by atoms with E-state index >= 15 is 0 Å². The molecular weight excluding hydrogens is 182 g/mol. The molecule has 2 N–H and O–H groups in total. The molecule has 1 aliphatic carbocycles. The second kappa shape index (κ2) is 5.86. The highest BCUT2D eigenvalue weighted by Gasteiger charge is 2.27. The molecule has 1 rings (SSSR count). The van der Waals surface area contributed by atoms with E-state index in [4.69, 9.17) is 9.84 Å². The van der Waals surface area contributed by atoms with Crippen molar-refractivity contribution < 1.29 is 14.6 Å². The summed E-state index contributed by atoms with van der Waals surface area (Å²) < 4.78 is 4.92. The number of hydrogen-bond acceptors (Lipinski definition) is 3. The van der Waals surface area contributed by atoms with E-state index in [2.05, 4.69) is 12.2 Å². The van der Waals surface area contributed by atoms with Crippen LogP contribution in [-0.4, -0.2) is 30.5 Å². The summed E-state index contributed by atoms with van der Waals surface area (Å²) in [6, 6.07) is 0. The number of nitrogens with one attached hydrogen (secondary N) is 1. The van der Waals surface area contributed by atoms with Crippen LogP contribution in [0.15, 0.2) is 0 Å². The maximum atomic E-state index is 11.0. The molecule has 0 unspecified atom stereocenters. The molecule has 0 aromatic heterocycles. The smallest absolute Gasteiger partial charge is 0.407 e. The van der Waals surface area contributed by atoms with Crippen LogP contribution in [0.3, 0.4) is 0 Å². The zero-order chi connectivity index (χ0) is 10.4. The number of rotatable bonds is 5.